The van der Waals surface area contributed by atoms with Gasteiger partial charge in [0.05, 0.1) is 19.1 Å². The van der Waals surface area contributed by atoms with Gasteiger partial charge in [-0.25, -0.2) is 0 Å². The number of methoxy groups -OCH3 is 1. The van der Waals surface area contributed by atoms with Gasteiger partial charge in [-0.3, -0.25) is 4.79 Å². The summed E-state index contributed by atoms with van der Waals surface area (Å²) < 4.78 is 10.3. The molecule has 0 saturated heterocycles. The largest absolute Gasteiger partial charge is 0.497 e. The number of carbonyl (C=O) groups excluding carboxylic acids is 1. The van der Waals surface area contributed by atoms with E-state index in [1.165, 1.54) is 0 Å². The molecule has 0 saturated carbocycles. The second kappa shape index (κ2) is 5.71. The van der Waals surface area contributed by atoms with Crippen LogP contribution >= 0.6 is 0 Å². The first-order chi connectivity index (χ1) is 7.93. The van der Waals surface area contributed by atoms with E-state index in [-0.39, 0.29) is 5.97 Å². The standard InChI is InChI=1S/C14H20O3/c1-14(2,3)13(15)17-10-9-11-5-7-12(16-4)8-6-11/h5-8H,9-10H2,1-4H3. The minimum absolute atomic E-state index is 0.161. The highest BCUT2D eigenvalue weighted by Crippen LogP contribution is 2.16. The molecule has 0 fully saturated rings. The number of rotatable bonds is 4. The van der Waals surface area contributed by atoms with Crippen molar-refractivity contribution in [3.8, 4) is 5.75 Å². The van der Waals surface area contributed by atoms with E-state index in [1.54, 1.807) is 7.11 Å². The molecule has 0 aliphatic carbocycles. The second-order valence-electron chi connectivity index (χ2n) is 4.98. The summed E-state index contributed by atoms with van der Waals surface area (Å²) in [5.41, 5.74) is 0.701. The van der Waals surface area contributed by atoms with Crippen molar-refractivity contribution in [2.24, 2.45) is 5.41 Å². The minimum Gasteiger partial charge on any atom is -0.497 e. The van der Waals surface area contributed by atoms with Gasteiger partial charge in [0.15, 0.2) is 0 Å². The van der Waals surface area contributed by atoms with Crippen LogP contribution in [0.1, 0.15) is 26.3 Å². The van der Waals surface area contributed by atoms with Crippen LogP contribution in [0.2, 0.25) is 0 Å². The Morgan fingerprint density at radius 1 is 1.18 bits per heavy atom. The summed E-state index contributed by atoms with van der Waals surface area (Å²) in [6.45, 7) is 5.97. The molecule has 0 aliphatic heterocycles. The zero-order valence-corrected chi connectivity index (χ0v) is 10.9. The zero-order valence-electron chi connectivity index (χ0n) is 10.9. The van der Waals surface area contributed by atoms with Crippen molar-refractivity contribution in [3.05, 3.63) is 29.8 Å². The van der Waals surface area contributed by atoms with Gasteiger partial charge in [0, 0.05) is 6.42 Å². The molecule has 1 aromatic carbocycles. The van der Waals surface area contributed by atoms with Crippen molar-refractivity contribution >= 4 is 5.97 Å². The van der Waals surface area contributed by atoms with Crippen molar-refractivity contribution in [2.45, 2.75) is 27.2 Å². The Morgan fingerprint density at radius 2 is 1.76 bits per heavy atom. The van der Waals surface area contributed by atoms with Gasteiger partial charge in [-0.05, 0) is 38.5 Å². The third-order valence-electron chi connectivity index (χ3n) is 2.40. The summed E-state index contributed by atoms with van der Waals surface area (Å²) >= 11 is 0. The Morgan fingerprint density at radius 3 is 2.24 bits per heavy atom. The summed E-state index contributed by atoms with van der Waals surface area (Å²) in [6, 6.07) is 7.76. The van der Waals surface area contributed by atoms with Crippen LogP contribution in [-0.2, 0) is 16.0 Å². The molecule has 17 heavy (non-hydrogen) atoms. The van der Waals surface area contributed by atoms with E-state index in [0.717, 1.165) is 17.7 Å². The van der Waals surface area contributed by atoms with Crippen LogP contribution in [-0.4, -0.2) is 19.7 Å². The van der Waals surface area contributed by atoms with Crippen LogP contribution in [0.5, 0.6) is 5.75 Å². The predicted octanol–water partition coefficient (Wildman–Crippen LogP) is 2.83. The molecule has 0 aromatic heterocycles. The molecule has 0 aliphatic rings. The average molecular weight is 236 g/mol. The lowest BCUT2D eigenvalue weighted by Gasteiger charge is -2.16. The third-order valence-corrected chi connectivity index (χ3v) is 2.40. The van der Waals surface area contributed by atoms with Crippen LogP contribution in [0.3, 0.4) is 0 Å². The van der Waals surface area contributed by atoms with Crippen LogP contribution < -0.4 is 4.74 Å². The Balaban J connectivity index is 2.38. The van der Waals surface area contributed by atoms with E-state index in [4.69, 9.17) is 9.47 Å². The van der Waals surface area contributed by atoms with Gasteiger partial charge >= 0.3 is 5.97 Å². The molecule has 0 bridgehead atoms. The van der Waals surface area contributed by atoms with Crippen LogP contribution in [0.25, 0.3) is 0 Å². The van der Waals surface area contributed by atoms with E-state index in [0.29, 0.717) is 6.61 Å². The first-order valence-corrected chi connectivity index (χ1v) is 5.73. The molecule has 0 radical (unpaired) electrons. The van der Waals surface area contributed by atoms with Gasteiger partial charge in [0.2, 0.25) is 0 Å². The lowest BCUT2D eigenvalue weighted by molar-refractivity contribution is -0.152. The molecule has 0 unspecified atom stereocenters. The quantitative estimate of drug-likeness (QED) is 0.754. The molecule has 0 heterocycles. The summed E-state index contributed by atoms with van der Waals surface area (Å²) in [7, 11) is 1.64. The Bertz CT molecular complexity index is 360. The van der Waals surface area contributed by atoms with Crippen molar-refractivity contribution in [2.75, 3.05) is 13.7 Å². The molecular formula is C14H20O3. The maximum Gasteiger partial charge on any atom is 0.311 e. The number of benzene rings is 1. The SMILES string of the molecule is COc1ccc(CCOC(=O)C(C)(C)C)cc1. The number of hydrogen-bond acceptors (Lipinski definition) is 3. The number of carbonyl (C=O) groups is 1. The van der Waals surface area contributed by atoms with Gasteiger partial charge in [-0.2, -0.15) is 0 Å². The molecule has 0 spiro atoms. The van der Waals surface area contributed by atoms with Crippen LogP contribution in [0, 0.1) is 5.41 Å². The molecule has 94 valence electrons. The second-order valence-corrected chi connectivity index (χ2v) is 4.98. The fraction of sp³-hybridized carbons (Fsp3) is 0.500. The van der Waals surface area contributed by atoms with Crippen molar-refractivity contribution < 1.29 is 14.3 Å². The zero-order chi connectivity index (χ0) is 12.9. The van der Waals surface area contributed by atoms with Gasteiger partial charge < -0.3 is 9.47 Å². The van der Waals surface area contributed by atoms with E-state index in [1.807, 2.05) is 45.0 Å². The third kappa shape index (κ3) is 4.47. The molecule has 0 N–H and O–H groups in total. The maximum absolute atomic E-state index is 11.5. The Labute approximate surface area is 103 Å². The fourth-order valence-electron chi connectivity index (χ4n) is 1.27. The summed E-state index contributed by atoms with van der Waals surface area (Å²) in [5.74, 6) is 0.673. The summed E-state index contributed by atoms with van der Waals surface area (Å²) in [4.78, 5) is 11.5. The lowest BCUT2D eigenvalue weighted by atomic mass is 9.97. The lowest BCUT2D eigenvalue weighted by Crippen LogP contribution is -2.23. The highest BCUT2D eigenvalue weighted by atomic mass is 16.5. The normalized spacial score (nSPS) is 11.1. The molecule has 1 rings (SSSR count). The van der Waals surface area contributed by atoms with Crippen molar-refractivity contribution in [1.82, 2.24) is 0 Å². The fourth-order valence-corrected chi connectivity index (χ4v) is 1.27. The van der Waals surface area contributed by atoms with Gasteiger partial charge in [0.1, 0.15) is 5.75 Å². The summed E-state index contributed by atoms with van der Waals surface area (Å²) in [5, 5.41) is 0. The van der Waals surface area contributed by atoms with Gasteiger partial charge in [-0.15, -0.1) is 0 Å². The van der Waals surface area contributed by atoms with E-state index >= 15 is 0 Å². The Kier molecular flexibility index (Phi) is 4.55. The van der Waals surface area contributed by atoms with Crippen molar-refractivity contribution in [1.29, 1.82) is 0 Å². The monoisotopic (exact) mass is 236 g/mol. The average Bonchev–Trinajstić information content (AvgIpc) is 2.28. The van der Waals surface area contributed by atoms with Crippen molar-refractivity contribution in [3.63, 3.8) is 0 Å². The first-order valence-electron chi connectivity index (χ1n) is 5.73. The van der Waals surface area contributed by atoms with E-state index < -0.39 is 5.41 Å². The highest BCUT2D eigenvalue weighted by molar-refractivity contribution is 5.75. The molecule has 3 nitrogen and oxygen atoms in total. The smallest absolute Gasteiger partial charge is 0.311 e. The molecule has 0 atom stereocenters. The van der Waals surface area contributed by atoms with E-state index in [9.17, 15) is 4.79 Å². The number of hydrogen-bond donors (Lipinski definition) is 0. The predicted molar refractivity (Wildman–Crippen MR) is 67.1 cm³/mol. The maximum atomic E-state index is 11.5. The number of esters is 1. The topological polar surface area (TPSA) is 35.5 Å². The number of ether oxygens (including phenoxy) is 2. The van der Waals surface area contributed by atoms with Crippen LogP contribution in [0.4, 0.5) is 0 Å². The molecule has 3 heteroatoms. The highest BCUT2D eigenvalue weighted by Gasteiger charge is 2.22. The molecule has 0 amide bonds. The van der Waals surface area contributed by atoms with Gasteiger partial charge in [0.25, 0.3) is 0 Å². The molecular weight excluding hydrogens is 216 g/mol. The van der Waals surface area contributed by atoms with E-state index in [2.05, 4.69) is 0 Å². The molecule has 1 aromatic rings. The Hall–Kier alpha value is -1.51. The summed E-state index contributed by atoms with van der Waals surface area (Å²) in [6.07, 6.45) is 0.728. The van der Waals surface area contributed by atoms with Gasteiger partial charge in [-0.1, -0.05) is 12.1 Å². The minimum atomic E-state index is -0.431. The first kappa shape index (κ1) is 13.6. The van der Waals surface area contributed by atoms with Crippen LogP contribution in [0.15, 0.2) is 24.3 Å².